The van der Waals surface area contributed by atoms with E-state index in [1.165, 1.54) is 23.7 Å². The van der Waals surface area contributed by atoms with Gasteiger partial charge in [-0.2, -0.15) is 5.10 Å². The summed E-state index contributed by atoms with van der Waals surface area (Å²) in [6.45, 7) is 2.57. The molecule has 0 atom stereocenters. The van der Waals surface area contributed by atoms with Gasteiger partial charge in [0.2, 0.25) is 5.89 Å². The van der Waals surface area contributed by atoms with Crippen LogP contribution in [0.2, 0.25) is 0 Å². The molecule has 4 rings (SSSR count). The first-order chi connectivity index (χ1) is 12.8. The summed E-state index contributed by atoms with van der Waals surface area (Å²) in [5, 5.41) is 15.7. The third kappa shape index (κ3) is 4.00. The molecule has 0 saturated heterocycles. The van der Waals surface area contributed by atoms with Gasteiger partial charge in [0, 0.05) is 16.7 Å². The number of rotatable bonds is 7. The van der Waals surface area contributed by atoms with Crippen LogP contribution in [0.1, 0.15) is 24.1 Å². The van der Waals surface area contributed by atoms with Crippen LogP contribution in [-0.2, 0) is 18.7 Å². The van der Waals surface area contributed by atoms with Crippen molar-refractivity contribution in [2.75, 3.05) is 0 Å². The van der Waals surface area contributed by atoms with Crippen molar-refractivity contribution < 1.29 is 4.42 Å². The summed E-state index contributed by atoms with van der Waals surface area (Å²) in [4.78, 5) is 8.59. The molecule has 132 valence electrons. The van der Waals surface area contributed by atoms with Crippen molar-refractivity contribution in [3.63, 3.8) is 0 Å². The fourth-order valence-corrected chi connectivity index (χ4v) is 3.94. The molecule has 1 aromatic carbocycles. The van der Waals surface area contributed by atoms with Crippen LogP contribution < -0.4 is 0 Å². The molecule has 4 aromatic rings. The van der Waals surface area contributed by atoms with E-state index in [4.69, 9.17) is 9.40 Å². The Hall–Kier alpha value is -2.52. The highest BCUT2D eigenvalue weighted by Crippen LogP contribution is 2.27. The summed E-state index contributed by atoms with van der Waals surface area (Å²) in [6, 6.07) is 8.56. The summed E-state index contributed by atoms with van der Waals surface area (Å²) < 4.78 is 7.26. The summed E-state index contributed by atoms with van der Waals surface area (Å²) in [6.07, 6.45) is 4.13. The van der Waals surface area contributed by atoms with E-state index in [2.05, 4.69) is 56.8 Å². The summed E-state index contributed by atoms with van der Waals surface area (Å²) in [5.74, 6) is 1.20. The molecule has 0 aliphatic carbocycles. The molecular weight excluding hydrogens is 368 g/mol. The van der Waals surface area contributed by atoms with E-state index in [9.17, 15) is 0 Å². The number of aryl methyl sites for hydroxylation is 1. The van der Waals surface area contributed by atoms with Gasteiger partial charge in [-0.05, 0) is 12.0 Å². The smallest absolute Gasteiger partial charge is 0.277 e. The minimum Gasteiger partial charge on any atom is -0.414 e. The number of thiazole rings is 1. The zero-order valence-electron chi connectivity index (χ0n) is 14.1. The van der Waals surface area contributed by atoms with Crippen LogP contribution >= 0.6 is 23.1 Å². The number of hydrogen-bond acceptors (Lipinski definition) is 8. The number of nitrogens with zero attached hydrogens (tertiary/aromatic N) is 6. The molecule has 0 aliphatic heterocycles. The monoisotopic (exact) mass is 384 g/mol. The molecule has 7 nitrogen and oxygen atoms in total. The Kier molecular flexibility index (Phi) is 5.07. The second-order valence-electron chi connectivity index (χ2n) is 5.54. The molecule has 0 N–H and O–H groups in total. The highest BCUT2D eigenvalue weighted by molar-refractivity contribution is 7.98. The van der Waals surface area contributed by atoms with E-state index in [-0.39, 0.29) is 0 Å². The molecule has 0 unspecified atom stereocenters. The molecule has 0 bridgehead atoms. The van der Waals surface area contributed by atoms with Gasteiger partial charge >= 0.3 is 0 Å². The van der Waals surface area contributed by atoms with E-state index in [1.54, 1.807) is 22.3 Å². The maximum Gasteiger partial charge on any atom is 0.277 e. The van der Waals surface area contributed by atoms with Crippen LogP contribution in [0.4, 0.5) is 0 Å². The molecule has 3 heterocycles. The topological polar surface area (TPSA) is 82.5 Å². The average molecular weight is 384 g/mol. The number of benzene rings is 1. The first-order valence-corrected chi connectivity index (χ1v) is 9.98. The van der Waals surface area contributed by atoms with Gasteiger partial charge in [0.05, 0.1) is 5.69 Å². The molecular formula is C17H16N6OS2. The Morgan fingerprint density at radius 2 is 2.08 bits per heavy atom. The predicted molar refractivity (Wildman–Crippen MR) is 99.9 cm³/mol. The standard InChI is InChI=1S/C17H16N6OS2/c1-2-12-3-5-13(6-4-12)16-20-14(8-25-16)9-26-17-22-21-15(24-17)7-23-11-18-10-19-23/h3-6,8,10-11H,2,7,9H2,1H3. The predicted octanol–water partition coefficient (Wildman–Crippen LogP) is 3.69. The quantitative estimate of drug-likeness (QED) is 0.449. The summed E-state index contributed by atoms with van der Waals surface area (Å²) >= 11 is 3.13. The second kappa shape index (κ2) is 7.79. The fourth-order valence-electron chi connectivity index (χ4n) is 2.34. The normalized spacial score (nSPS) is 11.1. The van der Waals surface area contributed by atoms with Crippen LogP contribution in [0.5, 0.6) is 0 Å². The van der Waals surface area contributed by atoms with Gasteiger partial charge in [0.15, 0.2) is 0 Å². The van der Waals surface area contributed by atoms with Crippen LogP contribution in [0.15, 0.2) is 51.9 Å². The number of hydrogen-bond donors (Lipinski definition) is 0. The molecule has 0 aliphatic rings. The molecule has 26 heavy (non-hydrogen) atoms. The van der Waals surface area contributed by atoms with Crippen molar-refractivity contribution in [3.05, 3.63) is 59.4 Å². The van der Waals surface area contributed by atoms with Gasteiger partial charge in [-0.3, -0.25) is 0 Å². The summed E-state index contributed by atoms with van der Waals surface area (Å²) in [7, 11) is 0. The van der Waals surface area contributed by atoms with E-state index >= 15 is 0 Å². The van der Waals surface area contributed by atoms with Gasteiger partial charge in [-0.15, -0.1) is 21.5 Å². The fraction of sp³-hybridized carbons (Fsp3) is 0.235. The molecule has 0 spiro atoms. The van der Waals surface area contributed by atoms with Crippen LogP contribution in [-0.4, -0.2) is 29.9 Å². The van der Waals surface area contributed by atoms with Crippen LogP contribution in [0.25, 0.3) is 10.6 Å². The van der Waals surface area contributed by atoms with E-state index in [0.29, 0.717) is 23.4 Å². The largest absolute Gasteiger partial charge is 0.414 e. The maximum absolute atomic E-state index is 5.62. The third-order valence-electron chi connectivity index (χ3n) is 3.72. The van der Waals surface area contributed by atoms with Crippen molar-refractivity contribution in [2.45, 2.75) is 30.9 Å². The minimum absolute atomic E-state index is 0.419. The van der Waals surface area contributed by atoms with Crippen molar-refractivity contribution >= 4 is 23.1 Å². The highest BCUT2D eigenvalue weighted by atomic mass is 32.2. The molecule has 0 radical (unpaired) electrons. The highest BCUT2D eigenvalue weighted by Gasteiger charge is 2.10. The molecule has 3 aromatic heterocycles. The van der Waals surface area contributed by atoms with Gasteiger partial charge in [-0.1, -0.05) is 43.0 Å². The molecule has 0 fully saturated rings. The minimum atomic E-state index is 0.419. The molecule has 0 saturated carbocycles. The Morgan fingerprint density at radius 3 is 2.85 bits per heavy atom. The lowest BCUT2D eigenvalue weighted by atomic mass is 10.1. The second-order valence-corrected chi connectivity index (χ2v) is 7.32. The lowest BCUT2D eigenvalue weighted by Gasteiger charge is -1.99. The van der Waals surface area contributed by atoms with E-state index in [1.807, 2.05) is 0 Å². The third-order valence-corrected chi connectivity index (χ3v) is 5.51. The lowest BCUT2D eigenvalue weighted by Crippen LogP contribution is -1.99. The zero-order chi connectivity index (χ0) is 17.8. The van der Waals surface area contributed by atoms with Crippen molar-refractivity contribution in [3.8, 4) is 10.6 Å². The van der Waals surface area contributed by atoms with Crippen molar-refractivity contribution in [2.24, 2.45) is 0 Å². The SMILES string of the molecule is CCc1ccc(-c2nc(CSc3nnc(Cn4cncn4)o3)cs2)cc1. The maximum atomic E-state index is 5.62. The Morgan fingerprint density at radius 1 is 1.19 bits per heavy atom. The van der Waals surface area contributed by atoms with Gasteiger partial charge in [0.1, 0.15) is 24.2 Å². The number of aromatic nitrogens is 6. The van der Waals surface area contributed by atoms with Crippen LogP contribution in [0.3, 0.4) is 0 Å². The summed E-state index contributed by atoms with van der Waals surface area (Å²) in [5.41, 5.74) is 3.49. The Labute approximate surface area is 158 Å². The van der Waals surface area contributed by atoms with Crippen molar-refractivity contribution in [1.82, 2.24) is 29.9 Å². The zero-order valence-corrected chi connectivity index (χ0v) is 15.7. The van der Waals surface area contributed by atoms with E-state index < -0.39 is 0 Å². The molecule has 9 heteroatoms. The lowest BCUT2D eigenvalue weighted by molar-refractivity contribution is 0.397. The van der Waals surface area contributed by atoms with Crippen LogP contribution in [0, 0.1) is 0 Å². The Balaban J connectivity index is 1.36. The average Bonchev–Trinajstić information content (AvgIpc) is 3.43. The Bertz CT molecular complexity index is 961. The first kappa shape index (κ1) is 16.9. The van der Waals surface area contributed by atoms with Gasteiger partial charge in [0.25, 0.3) is 5.22 Å². The van der Waals surface area contributed by atoms with Gasteiger partial charge < -0.3 is 4.42 Å². The van der Waals surface area contributed by atoms with Crippen molar-refractivity contribution in [1.29, 1.82) is 0 Å². The number of thioether (sulfide) groups is 1. The van der Waals surface area contributed by atoms with E-state index in [0.717, 1.165) is 22.7 Å². The van der Waals surface area contributed by atoms with Gasteiger partial charge in [-0.25, -0.2) is 14.6 Å². The first-order valence-electron chi connectivity index (χ1n) is 8.11. The molecule has 0 amide bonds.